The van der Waals surface area contributed by atoms with Crippen LogP contribution in [0.15, 0.2) is 0 Å². The largest absolute Gasteiger partial charge is 0.355 e. The van der Waals surface area contributed by atoms with E-state index >= 15 is 0 Å². The Kier molecular flexibility index (Phi) is 17.4. The molecule has 4 N–H and O–H groups in total. The second kappa shape index (κ2) is 19.2. The van der Waals surface area contributed by atoms with Crippen molar-refractivity contribution in [1.29, 1.82) is 0 Å². The van der Waals surface area contributed by atoms with Crippen LogP contribution in [0, 0.1) is 5.92 Å². The number of carbonyl (C=O) groups excluding carboxylic acids is 3. The summed E-state index contributed by atoms with van der Waals surface area (Å²) in [4.78, 5) is 35.5. The molecule has 2 amide bonds. The topological polar surface area (TPSA) is 99.3 Å². The summed E-state index contributed by atoms with van der Waals surface area (Å²) < 4.78 is 7.29. The van der Waals surface area contributed by atoms with E-state index in [-0.39, 0.29) is 29.8 Å². The molecule has 0 saturated carbocycles. The van der Waals surface area contributed by atoms with Crippen molar-refractivity contribution in [2.24, 2.45) is 5.92 Å². The molecular weight excluding hydrogens is 408 g/mol. The Hall–Kier alpha value is -0.770. The van der Waals surface area contributed by atoms with Gasteiger partial charge in [-0.2, -0.15) is 25.3 Å². The Morgan fingerprint density at radius 1 is 0.931 bits per heavy atom. The van der Waals surface area contributed by atoms with Gasteiger partial charge in [-0.25, -0.2) is 0 Å². The Morgan fingerprint density at radius 3 is 2.07 bits per heavy atom. The molecule has 0 heterocycles. The number of hydrogen-bond acceptors (Lipinski definition) is 7. The van der Waals surface area contributed by atoms with E-state index in [2.05, 4.69) is 46.5 Å². The van der Waals surface area contributed by atoms with Crippen LogP contribution in [0.3, 0.4) is 0 Å². The predicted molar refractivity (Wildman–Crippen MR) is 125 cm³/mol. The molecule has 0 bridgehead atoms. The smallest absolute Gasteiger partial charge is 0.237 e. The molecule has 1 unspecified atom stereocenters. The summed E-state index contributed by atoms with van der Waals surface area (Å²) in [5, 5.41) is 11.8. The van der Waals surface area contributed by atoms with E-state index in [1.165, 1.54) is 0 Å². The fraction of sp³-hybridized carbons (Fsp3) is 0.850. The monoisotopic (exact) mass is 449 g/mol. The molecule has 170 valence electrons. The van der Waals surface area contributed by atoms with Gasteiger partial charge in [-0.15, -0.1) is 0 Å². The van der Waals surface area contributed by atoms with Gasteiger partial charge in [0.25, 0.3) is 0 Å². The molecule has 0 saturated heterocycles. The first-order valence-electron chi connectivity index (χ1n) is 11.1. The SMILES string of the molecule is [2H]C(=O)[C@@H](CCC)CCCCNC(=O)[C@H](CCCCNC(=O)C(C)NCS)NCS. The Morgan fingerprint density at radius 2 is 1.52 bits per heavy atom. The fourth-order valence-corrected chi connectivity index (χ4v) is 3.46. The lowest BCUT2D eigenvalue weighted by molar-refractivity contribution is -0.124. The van der Waals surface area contributed by atoms with Gasteiger partial charge in [-0.05, 0) is 45.4 Å². The average molecular weight is 450 g/mol. The van der Waals surface area contributed by atoms with Crippen molar-refractivity contribution < 1.29 is 15.8 Å². The van der Waals surface area contributed by atoms with Crippen LogP contribution in [-0.2, 0) is 14.4 Å². The van der Waals surface area contributed by atoms with Gasteiger partial charge < -0.3 is 15.4 Å². The van der Waals surface area contributed by atoms with E-state index in [0.717, 1.165) is 38.5 Å². The van der Waals surface area contributed by atoms with Crippen molar-refractivity contribution >= 4 is 43.3 Å². The molecule has 9 heteroatoms. The Balaban J connectivity index is 4.06. The van der Waals surface area contributed by atoms with Crippen LogP contribution in [0.2, 0.25) is 0 Å². The van der Waals surface area contributed by atoms with Crippen LogP contribution in [0.1, 0.15) is 66.6 Å². The number of aldehydes is 1. The highest BCUT2D eigenvalue weighted by Gasteiger charge is 2.17. The Bertz CT molecular complexity index is 501. The highest BCUT2D eigenvalue weighted by molar-refractivity contribution is 7.80. The van der Waals surface area contributed by atoms with Crippen molar-refractivity contribution in [2.45, 2.75) is 77.3 Å². The van der Waals surface area contributed by atoms with E-state index in [0.29, 0.717) is 37.7 Å². The summed E-state index contributed by atoms with van der Waals surface area (Å²) in [6.45, 7) is 4.93. The maximum absolute atomic E-state index is 12.4. The van der Waals surface area contributed by atoms with Gasteiger partial charge in [-0.3, -0.25) is 20.2 Å². The molecule has 0 aliphatic rings. The third-order valence-electron chi connectivity index (χ3n) is 4.75. The van der Waals surface area contributed by atoms with Gasteiger partial charge >= 0.3 is 0 Å². The summed E-state index contributed by atoms with van der Waals surface area (Å²) >= 11 is 8.20. The molecule has 3 atom stereocenters. The van der Waals surface area contributed by atoms with Gasteiger partial charge in [0.15, 0.2) is 0 Å². The van der Waals surface area contributed by atoms with Crippen molar-refractivity contribution in [3.63, 3.8) is 0 Å². The van der Waals surface area contributed by atoms with Crippen LogP contribution >= 0.6 is 25.3 Å². The van der Waals surface area contributed by atoms with E-state index in [4.69, 9.17) is 1.37 Å². The van der Waals surface area contributed by atoms with Crippen LogP contribution in [0.5, 0.6) is 0 Å². The number of amides is 2. The summed E-state index contributed by atoms with van der Waals surface area (Å²) in [6.07, 6.45) is 5.75. The van der Waals surface area contributed by atoms with Gasteiger partial charge in [-0.1, -0.05) is 19.8 Å². The quantitative estimate of drug-likeness (QED) is 0.0783. The first kappa shape index (κ1) is 26.3. The predicted octanol–water partition coefficient (Wildman–Crippen LogP) is 1.89. The van der Waals surface area contributed by atoms with Crippen molar-refractivity contribution in [3.8, 4) is 0 Å². The third-order valence-corrected chi connectivity index (χ3v) is 5.11. The van der Waals surface area contributed by atoms with E-state index in [1.807, 2.05) is 6.92 Å². The van der Waals surface area contributed by atoms with Crippen molar-refractivity contribution in [1.82, 2.24) is 21.3 Å². The lowest BCUT2D eigenvalue weighted by Gasteiger charge is -2.18. The standard InChI is InChI=1S/C20H40N4O3S2/c1-3-8-17(13-25)9-4-6-12-22-20(27)18(24-15-29)10-5-7-11-21-19(26)16(2)23-14-28/h13,16-18,23-24,28-29H,3-12,14-15H2,1-2H3,(H,21,26)(H,22,27)/t16?,17-,18-/m0/s1/i13D. The molecule has 0 radical (unpaired) electrons. The zero-order valence-corrected chi connectivity index (χ0v) is 19.6. The van der Waals surface area contributed by atoms with E-state index in [1.54, 1.807) is 6.92 Å². The number of carbonyl (C=O) groups is 3. The number of thiol groups is 2. The zero-order chi connectivity index (χ0) is 22.8. The Labute approximate surface area is 188 Å². The van der Waals surface area contributed by atoms with Gasteiger partial charge in [0.2, 0.25) is 11.8 Å². The minimum absolute atomic E-state index is 0.0543. The molecule has 29 heavy (non-hydrogen) atoms. The molecule has 0 aromatic rings. The summed E-state index contributed by atoms with van der Waals surface area (Å²) in [5.74, 6) is 0.567. The number of rotatable bonds is 19. The summed E-state index contributed by atoms with van der Waals surface area (Å²) in [6, 6.07) is -0.589. The lowest BCUT2D eigenvalue weighted by Crippen LogP contribution is -2.44. The first-order chi connectivity index (χ1) is 14.4. The molecule has 0 rings (SSSR count). The number of nitrogens with one attached hydrogen (secondary N) is 4. The summed E-state index contributed by atoms with van der Waals surface area (Å²) in [7, 11) is 0. The van der Waals surface area contributed by atoms with Crippen LogP contribution in [0.4, 0.5) is 0 Å². The molecule has 7 nitrogen and oxygen atoms in total. The number of hydrogen-bond donors (Lipinski definition) is 6. The molecule has 0 aromatic carbocycles. The van der Waals surface area contributed by atoms with Crippen molar-refractivity contribution in [2.75, 3.05) is 24.8 Å². The van der Waals surface area contributed by atoms with Crippen LogP contribution in [-0.4, -0.2) is 55.0 Å². The maximum atomic E-state index is 12.4. The zero-order valence-electron chi connectivity index (χ0n) is 18.8. The van der Waals surface area contributed by atoms with E-state index < -0.39 is 6.26 Å². The molecule has 0 aromatic heterocycles. The van der Waals surface area contributed by atoms with Crippen LogP contribution < -0.4 is 21.3 Å². The lowest BCUT2D eigenvalue weighted by atomic mass is 9.99. The molecule has 0 aliphatic heterocycles. The molecular formula is C20H40N4O3S2. The normalized spacial score (nSPS) is 14.6. The van der Waals surface area contributed by atoms with Crippen LogP contribution in [0.25, 0.3) is 0 Å². The number of unbranched alkanes of at least 4 members (excludes halogenated alkanes) is 2. The minimum atomic E-state index is -0.484. The second-order valence-electron chi connectivity index (χ2n) is 7.18. The molecule has 0 fully saturated rings. The first-order valence-corrected chi connectivity index (χ1v) is 11.9. The van der Waals surface area contributed by atoms with Gasteiger partial charge in [0.05, 0.1) is 12.1 Å². The molecule has 0 spiro atoms. The highest BCUT2D eigenvalue weighted by Crippen LogP contribution is 2.12. The minimum Gasteiger partial charge on any atom is -0.355 e. The summed E-state index contributed by atoms with van der Waals surface area (Å²) in [5.41, 5.74) is 0. The van der Waals surface area contributed by atoms with E-state index in [9.17, 15) is 14.4 Å². The highest BCUT2D eigenvalue weighted by atomic mass is 32.1. The van der Waals surface area contributed by atoms with Gasteiger partial charge in [0, 0.05) is 30.8 Å². The average Bonchev–Trinajstić information content (AvgIpc) is 2.71. The second-order valence-corrected chi connectivity index (χ2v) is 7.81. The fourth-order valence-electron chi connectivity index (χ4n) is 2.96. The maximum Gasteiger partial charge on any atom is 0.237 e. The van der Waals surface area contributed by atoms with Crippen molar-refractivity contribution in [3.05, 3.63) is 0 Å². The molecule has 0 aliphatic carbocycles. The third kappa shape index (κ3) is 14.8. The van der Waals surface area contributed by atoms with Gasteiger partial charge in [0.1, 0.15) is 7.63 Å².